The van der Waals surface area contributed by atoms with Crippen molar-refractivity contribution in [3.05, 3.63) is 59.7 Å². The van der Waals surface area contributed by atoms with E-state index < -0.39 is 10.0 Å². The maximum Gasteiger partial charge on any atom is 0.257 e. The highest BCUT2D eigenvalue weighted by atomic mass is 32.2. The molecule has 7 nitrogen and oxygen atoms in total. The summed E-state index contributed by atoms with van der Waals surface area (Å²) in [6.07, 6.45) is 4.41. The van der Waals surface area contributed by atoms with Gasteiger partial charge in [0.15, 0.2) is 5.13 Å². The summed E-state index contributed by atoms with van der Waals surface area (Å²) in [6, 6.07) is 9.77. The van der Waals surface area contributed by atoms with Gasteiger partial charge in [0.25, 0.3) is 5.91 Å². The lowest BCUT2D eigenvalue weighted by molar-refractivity contribution is 0.102. The molecule has 1 aromatic carbocycles. The maximum absolute atomic E-state index is 13.0. The molecule has 1 aliphatic rings. The highest BCUT2D eigenvalue weighted by Gasteiger charge is 2.31. The molecule has 1 N–H and O–H groups in total. The van der Waals surface area contributed by atoms with Crippen molar-refractivity contribution in [2.75, 3.05) is 18.4 Å². The first kappa shape index (κ1) is 21.6. The van der Waals surface area contributed by atoms with E-state index in [1.54, 1.807) is 16.7 Å². The van der Waals surface area contributed by atoms with Gasteiger partial charge < -0.3 is 0 Å². The van der Waals surface area contributed by atoms with E-state index in [1.807, 2.05) is 17.5 Å². The summed E-state index contributed by atoms with van der Waals surface area (Å²) in [4.78, 5) is 21.2. The second-order valence-corrected chi connectivity index (χ2v) is 10.8. The lowest BCUT2D eigenvalue weighted by atomic mass is 9.94. The molecule has 1 saturated heterocycles. The van der Waals surface area contributed by atoms with Crippen molar-refractivity contribution < 1.29 is 13.2 Å². The third kappa shape index (κ3) is 4.84. The molecule has 31 heavy (non-hydrogen) atoms. The Morgan fingerprint density at radius 1 is 1.06 bits per heavy atom. The predicted molar refractivity (Wildman–Crippen MR) is 121 cm³/mol. The fourth-order valence-electron chi connectivity index (χ4n) is 3.89. The summed E-state index contributed by atoms with van der Waals surface area (Å²) in [6.45, 7) is 5.20. The summed E-state index contributed by atoms with van der Waals surface area (Å²) in [7, 11) is -3.57. The number of thiazole rings is 1. The Hall–Kier alpha value is -2.62. The summed E-state index contributed by atoms with van der Waals surface area (Å²) < 4.78 is 27.6. The zero-order chi connectivity index (χ0) is 22.0. The van der Waals surface area contributed by atoms with Crippen LogP contribution in [0, 0.1) is 11.8 Å². The number of aromatic nitrogens is 2. The van der Waals surface area contributed by atoms with Crippen molar-refractivity contribution in [3.63, 3.8) is 0 Å². The minimum Gasteiger partial charge on any atom is -0.298 e. The van der Waals surface area contributed by atoms with Crippen molar-refractivity contribution >= 4 is 32.4 Å². The van der Waals surface area contributed by atoms with Crippen LogP contribution in [0.4, 0.5) is 5.13 Å². The van der Waals surface area contributed by atoms with Crippen LogP contribution in [-0.4, -0.2) is 41.7 Å². The fraction of sp³-hybridized carbons (Fsp3) is 0.318. The number of nitrogens with zero attached hydrogens (tertiary/aromatic N) is 3. The first-order chi connectivity index (χ1) is 14.8. The molecule has 0 aliphatic carbocycles. The number of anilines is 1. The van der Waals surface area contributed by atoms with Crippen molar-refractivity contribution in [2.24, 2.45) is 11.8 Å². The van der Waals surface area contributed by atoms with E-state index in [0.717, 1.165) is 17.7 Å². The normalized spacial score (nSPS) is 19.8. The van der Waals surface area contributed by atoms with E-state index in [-0.39, 0.29) is 10.8 Å². The topological polar surface area (TPSA) is 92.3 Å². The maximum atomic E-state index is 13.0. The van der Waals surface area contributed by atoms with Gasteiger partial charge in [-0.15, -0.1) is 11.3 Å². The number of rotatable bonds is 5. The number of carbonyl (C=O) groups excluding carboxylic acids is 1. The van der Waals surface area contributed by atoms with Gasteiger partial charge in [-0.2, -0.15) is 4.31 Å². The van der Waals surface area contributed by atoms with Crippen LogP contribution in [-0.2, 0) is 10.0 Å². The second-order valence-electron chi connectivity index (χ2n) is 8.02. The van der Waals surface area contributed by atoms with E-state index in [2.05, 4.69) is 29.1 Å². The molecule has 1 amide bonds. The van der Waals surface area contributed by atoms with Crippen LogP contribution in [0.2, 0.25) is 0 Å². The molecule has 162 valence electrons. The Morgan fingerprint density at radius 2 is 1.71 bits per heavy atom. The Morgan fingerprint density at radius 3 is 2.35 bits per heavy atom. The van der Waals surface area contributed by atoms with Gasteiger partial charge in [-0.25, -0.2) is 13.4 Å². The quantitative estimate of drug-likeness (QED) is 0.623. The van der Waals surface area contributed by atoms with Gasteiger partial charge in [0, 0.05) is 42.0 Å². The average Bonchev–Trinajstić information content (AvgIpc) is 3.22. The third-order valence-electron chi connectivity index (χ3n) is 5.29. The SMILES string of the molecule is C[C@@H]1C[C@@H](C)CN(S(=O)(=O)c2ccc(C(=O)Nc3nc(-c4ccncc4)cs3)cc2)C1. The lowest BCUT2D eigenvalue weighted by Crippen LogP contribution is -2.42. The van der Waals surface area contributed by atoms with Gasteiger partial charge in [0.2, 0.25) is 10.0 Å². The molecule has 3 aromatic rings. The number of carbonyl (C=O) groups is 1. The zero-order valence-electron chi connectivity index (χ0n) is 17.4. The number of piperidine rings is 1. The molecule has 0 saturated carbocycles. The molecule has 0 radical (unpaired) electrons. The molecule has 2 atom stereocenters. The Kier molecular flexibility index (Phi) is 6.17. The fourth-order valence-corrected chi connectivity index (χ4v) is 6.28. The van der Waals surface area contributed by atoms with Crippen molar-refractivity contribution in [1.29, 1.82) is 0 Å². The Bertz CT molecular complexity index is 1150. The first-order valence-electron chi connectivity index (χ1n) is 10.1. The van der Waals surface area contributed by atoms with Crippen LogP contribution < -0.4 is 5.32 Å². The highest BCUT2D eigenvalue weighted by molar-refractivity contribution is 7.89. The lowest BCUT2D eigenvalue weighted by Gasteiger charge is -2.34. The molecule has 2 aromatic heterocycles. The summed E-state index contributed by atoms with van der Waals surface area (Å²) in [5.74, 6) is 0.331. The molecular formula is C22H24N4O3S2. The molecule has 1 aliphatic heterocycles. The molecular weight excluding hydrogens is 432 g/mol. The average molecular weight is 457 g/mol. The molecule has 1 fully saturated rings. The second kappa shape index (κ2) is 8.86. The minimum atomic E-state index is -3.57. The van der Waals surface area contributed by atoms with Gasteiger partial charge in [-0.1, -0.05) is 13.8 Å². The summed E-state index contributed by atoms with van der Waals surface area (Å²) in [5.41, 5.74) is 2.05. The van der Waals surface area contributed by atoms with Gasteiger partial charge >= 0.3 is 0 Å². The third-order valence-corrected chi connectivity index (χ3v) is 7.89. The molecule has 4 rings (SSSR count). The zero-order valence-corrected chi connectivity index (χ0v) is 19.0. The highest BCUT2D eigenvalue weighted by Crippen LogP contribution is 2.27. The predicted octanol–water partition coefficient (Wildman–Crippen LogP) is 4.12. The Balaban J connectivity index is 1.45. The number of sulfonamides is 1. The molecule has 3 heterocycles. The molecule has 0 bridgehead atoms. The van der Waals surface area contributed by atoms with Crippen LogP contribution >= 0.6 is 11.3 Å². The number of amides is 1. The number of benzene rings is 1. The minimum absolute atomic E-state index is 0.208. The van der Waals surface area contributed by atoms with E-state index in [9.17, 15) is 13.2 Å². The van der Waals surface area contributed by atoms with Gasteiger partial charge in [0.05, 0.1) is 10.6 Å². The summed E-state index contributed by atoms with van der Waals surface area (Å²) >= 11 is 1.33. The van der Waals surface area contributed by atoms with Crippen molar-refractivity contribution in [1.82, 2.24) is 14.3 Å². The monoisotopic (exact) mass is 456 g/mol. The number of hydrogen-bond acceptors (Lipinski definition) is 6. The van der Waals surface area contributed by atoms with Crippen LogP contribution in [0.15, 0.2) is 59.1 Å². The summed E-state index contributed by atoms with van der Waals surface area (Å²) in [5, 5.41) is 5.11. The van der Waals surface area contributed by atoms with E-state index in [1.165, 1.54) is 35.6 Å². The van der Waals surface area contributed by atoms with E-state index in [0.29, 0.717) is 35.6 Å². The smallest absolute Gasteiger partial charge is 0.257 e. The van der Waals surface area contributed by atoms with Gasteiger partial charge in [0.1, 0.15) is 0 Å². The first-order valence-corrected chi connectivity index (χ1v) is 12.4. The van der Waals surface area contributed by atoms with Gasteiger partial charge in [-0.05, 0) is 54.7 Å². The van der Waals surface area contributed by atoms with Crippen molar-refractivity contribution in [2.45, 2.75) is 25.2 Å². The Labute approximate surface area is 186 Å². The van der Waals surface area contributed by atoms with E-state index >= 15 is 0 Å². The standard InChI is InChI=1S/C22H24N4O3S2/c1-15-11-16(2)13-26(12-15)31(28,29)19-5-3-18(4-6-19)21(27)25-22-24-20(14-30-22)17-7-9-23-10-8-17/h3-10,14-16H,11-13H2,1-2H3,(H,24,25,27)/t15-,16-/m1/s1. The van der Waals surface area contributed by atoms with E-state index in [4.69, 9.17) is 0 Å². The molecule has 0 spiro atoms. The van der Waals surface area contributed by atoms with Crippen molar-refractivity contribution in [3.8, 4) is 11.3 Å². The number of pyridine rings is 1. The molecule has 9 heteroatoms. The number of nitrogens with one attached hydrogen (secondary N) is 1. The largest absolute Gasteiger partial charge is 0.298 e. The van der Waals surface area contributed by atoms with Crippen LogP contribution in [0.5, 0.6) is 0 Å². The van der Waals surface area contributed by atoms with Crippen LogP contribution in [0.3, 0.4) is 0 Å². The van der Waals surface area contributed by atoms with Gasteiger partial charge in [-0.3, -0.25) is 15.1 Å². The number of hydrogen-bond donors (Lipinski definition) is 1. The van der Waals surface area contributed by atoms with Crippen LogP contribution in [0.1, 0.15) is 30.6 Å². The van der Waals surface area contributed by atoms with Crippen LogP contribution in [0.25, 0.3) is 11.3 Å². The molecule has 0 unspecified atom stereocenters.